The summed E-state index contributed by atoms with van der Waals surface area (Å²) in [6.07, 6.45) is 6.43. The van der Waals surface area contributed by atoms with Gasteiger partial charge >= 0.3 is 6.03 Å². The second-order valence-electron chi connectivity index (χ2n) is 7.56. The average Bonchev–Trinajstić information content (AvgIpc) is 2.38. The molecule has 0 aromatic rings. The van der Waals surface area contributed by atoms with Crippen molar-refractivity contribution >= 4 is 6.03 Å². The predicted molar refractivity (Wildman–Crippen MR) is 80.5 cm³/mol. The molecule has 4 nitrogen and oxygen atoms in total. The van der Waals surface area contributed by atoms with Gasteiger partial charge in [-0.25, -0.2) is 4.79 Å². The minimum atomic E-state index is -0.402. The minimum Gasteiger partial charge on any atom is -0.391 e. The molecule has 0 unspecified atom stereocenters. The monoisotopic (exact) mass is 282 g/mol. The van der Waals surface area contributed by atoms with E-state index >= 15 is 0 Å². The largest absolute Gasteiger partial charge is 0.391 e. The lowest BCUT2D eigenvalue weighted by molar-refractivity contribution is -0.0127. The number of urea groups is 1. The lowest BCUT2D eigenvalue weighted by atomic mass is 9.74. The lowest BCUT2D eigenvalue weighted by Crippen LogP contribution is -2.54. The van der Waals surface area contributed by atoms with Crippen LogP contribution in [0.1, 0.15) is 59.3 Å². The van der Waals surface area contributed by atoms with Crippen molar-refractivity contribution in [3.05, 3.63) is 0 Å². The number of hydrogen-bond acceptors (Lipinski definition) is 2. The third-order valence-corrected chi connectivity index (χ3v) is 4.91. The Morgan fingerprint density at radius 3 is 2.35 bits per heavy atom. The Balaban J connectivity index is 1.84. The van der Waals surface area contributed by atoms with Crippen LogP contribution in [0.5, 0.6) is 0 Å². The van der Waals surface area contributed by atoms with Crippen LogP contribution in [0.25, 0.3) is 0 Å². The van der Waals surface area contributed by atoms with Crippen LogP contribution >= 0.6 is 0 Å². The van der Waals surface area contributed by atoms with Crippen LogP contribution in [0.2, 0.25) is 0 Å². The van der Waals surface area contributed by atoms with Gasteiger partial charge in [0.15, 0.2) is 0 Å². The molecule has 0 aromatic carbocycles. The number of rotatable bonds is 1. The summed E-state index contributed by atoms with van der Waals surface area (Å²) in [6.45, 7) is 7.73. The summed E-state index contributed by atoms with van der Waals surface area (Å²) >= 11 is 0. The normalized spacial score (nSPS) is 29.3. The topological polar surface area (TPSA) is 52.6 Å². The van der Waals surface area contributed by atoms with Crippen LogP contribution in [0.3, 0.4) is 0 Å². The molecule has 2 N–H and O–H groups in total. The Hall–Kier alpha value is -0.770. The van der Waals surface area contributed by atoms with Crippen molar-refractivity contribution in [3.8, 4) is 0 Å². The Labute approximate surface area is 122 Å². The number of amides is 2. The molecule has 0 spiro atoms. The number of aliphatic hydroxyl groups excluding tert-OH is 1. The first-order chi connectivity index (χ1) is 9.38. The van der Waals surface area contributed by atoms with E-state index in [1.807, 2.05) is 0 Å². The van der Waals surface area contributed by atoms with E-state index in [2.05, 4.69) is 26.1 Å². The van der Waals surface area contributed by atoms with Gasteiger partial charge in [-0.2, -0.15) is 0 Å². The van der Waals surface area contributed by atoms with Crippen molar-refractivity contribution in [2.45, 2.75) is 71.4 Å². The van der Waals surface area contributed by atoms with E-state index in [9.17, 15) is 9.90 Å². The standard InChI is InChI=1S/C16H30N2O2/c1-16(2,3)13-9-10-18(11-14(13)19)15(20)17-12-7-5-4-6-8-12/h12-14,19H,4-11H2,1-3H3,(H,17,20)/t13-,14-/m0/s1. The number of β-amino-alcohol motifs (C(OH)–C–C–N with tert-alkyl or cyclic N) is 1. The van der Waals surface area contributed by atoms with E-state index in [-0.39, 0.29) is 17.4 Å². The molecule has 1 saturated heterocycles. The Morgan fingerprint density at radius 1 is 1.15 bits per heavy atom. The molecule has 0 aromatic heterocycles. The first kappa shape index (κ1) is 15.6. The minimum absolute atomic E-state index is 0.0170. The summed E-state index contributed by atoms with van der Waals surface area (Å²) < 4.78 is 0. The van der Waals surface area contributed by atoms with E-state index in [1.165, 1.54) is 19.3 Å². The van der Waals surface area contributed by atoms with Gasteiger partial charge in [0, 0.05) is 19.1 Å². The van der Waals surface area contributed by atoms with Gasteiger partial charge < -0.3 is 15.3 Å². The highest BCUT2D eigenvalue weighted by molar-refractivity contribution is 5.74. The number of piperidine rings is 1. The summed E-state index contributed by atoms with van der Waals surface area (Å²) in [4.78, 5) is 14.1. The fourth-order valence-electron chi connectivity index (χ4n) is 3.64. The highest BCUT2D eigenvalue weighted by Crippen LogP contribution is 2.34. The molecular weight excluding hydrogens is 252 g/mol. The van der Waals surface area contributed by atoms with E-state index in [0.717, 1.165) is 25.8 Å². The Morgan fingerprint density at radius 2 is 1.80 bits per heavy atom. The molecule has 20 heavy (non-hydrogen) atoms. The number of likely N-dealkylation sites (tertiary alicyclic amines) is 1. The Kier molecular flexibility index (Phi) is 4.95. The van der Waals surface area contributed by atoms with E-state index in [4.69, 9.17) is 0 Å². The average molecular weight is 282 g/mol. The molecule has 116 valence electrons. The number of hydrogen-bond donors (Lipinski definition) is 2. The molecule has 1 saturated carbocycles. The van der Waals surface area contributed by atoms with Gasteiger partial charge in [0.25, 0.3) is 0 Å². The van der Waals surface area contributed by atoms with Crippen molar-refractivity contribution < 1.29 is 9.90 Å². The lowest BCUT2D eigenvalue weighted by Gasteiger charge is -2.42. The van der Waals surface area contributed by atoms with Gasteiger partial charge in [-0.15, -0.1) is 0 Å². The smallest absolute Gasteiger partial charge is 0.317 e. The molecule has 2 fully saturated rings. The van der Waals surface area contributed by atoms with Crippen molar-refractivity contribution in [1.82, 2.24) is 10.2 Å². The van der Waals surface area contributed by atoms with E-state index in [1.54, 1.807) is 4.90 Å². The van der Waals surface area contributed by atoms with Crippen molar-refractivity contribution in [1.29, 1.82) is 0 Å². The number of carbonyl (C=O) groups is 1. The van der Waals surface area contributed by atoms with Crippen LogP contribution in [0.15, 0.2) is 0 Å². The molecule has 0 bridgehead atoms. The Bertz CT molecular complexity index is 332. The maximum atomic E-state index is 12.3. The van der Waals surface area contributed by atoms with Gasteiger partial charge in [0.05, 0.1) is 6.10 Å². The van der Waals surface area contributed by atoms with E-state index < -0.39 is 6.10 Å². The first-order valence-corrected chi connectivity index (χ1v) is 8.11. The van der Waals surface area contributed by atoms with Crippen LogP contribution in [-0.2, 0) is 0 Å². The second kappa shape index (κ2) is 6.33. The number of nitrogens with zero attached hydrogens (tertiary/aromatic N) is 1. The molecule has 2 aliphatic rings. The maximum Gasteiger partial charge on any atom is 0.317 e. The number of nitrogens with one attached hydrogen (secondary N) is 1. The molecule has 1 heterocycles. The zero-order valence-electron chi connectivity index (χ0n) is 13.2. The van der Waals surface area contributed by atoms with Gasteiger partial charge in [-0.1, -0.05) is 40.0 Å². The molecular formula is C16H30N2O2. The molecule has 1 aliphatic heterocycles. The maximum absolute atomic E-state index is 12.3. The second-order valence-corrected chi connectivity index (χ2v) is 7.56. The third-order valence-electron chi connectivity index (χ3n) is 4.91. The van der Waals surface area contributed by atoms with Crippen LogP contribution in [0, 0.1) is 11.3 Å². The van der Waals surface area contributed by atoms with Crippen LogP contribution in [-0.4, -0.2) is 41.3 Å². The fraction of sp³-hybridized carbons (Fsp3) is 0.938. The van der Waals surface area contributed by atoms with Gasteiger partial charge in [0.1, 0.15) is 0 Å². The van der Waals surface area contributed by atoms with Gasteiger partial charge in [0.2, 0.25) is 0 Å². The van der Waals surface area contributed by atoms with Crippen LogP contribution in [0.4, 0.5) is 4.79 Å². The zero-order chi connectivity index (χ0) is 14.8. The van der Waals surface area contributed by atoms with Gasteiger partial charge in [-0.3, -0.25) is 0 Å². The summed E-state index contributed by atoms with van der Waals surface area (Å²) in [5, 5.41) is 13.4. The summed E-state index contributed by atoms with van der Waals surface area (Å²) in [5.74, 6) is 0.279. The number of carbonyl (C=O) groups excluding carboxylic acids is 1. The van der Waals surface area contributed by atoms with Crippen molar-refractivity contribution in [2.24, 2.45) is 11.3 Å². The van der Waals surface area contributed by atoms with Gasteiger partial charge in [-0.05, 0) is 30.6 Å². The van der Waals surface area contributed by atoms with Crippen molar-refractivity contribution in [2.75, 3.05) is 13.1 Å². The molecule has 1 aliphatic carbocycles. The first-order valence-electron chi connectivity index (χ1n) is 8.11. The van der Waals surface area contributed by atoms with Crippen LogP contribution < -0.4 is 5.32 Å². The third kappa shape index (κ3) is 3.87. The van der Waals surface area contributed by atoms with E-state index in [0.29, 0.717) is 12.6 Å². The molecule has 0 radical (unpaired) electrons. The SMILES string of the molecule is CC(C)(C)[C@H]1CCN(C(=O)NC2CCCCC2)C[C@@H]1O. The summed E-state index contributed by atoms with van der Waals surface area (Å²) in [7, 11) is 0. The highest BCUT2D eigenvalue weighted by Gasteiger charge is 2.37. The molecule has 2 rings (SSSR count). The highest BCUT2D eigenvalue weighted by atomic mass is 16.3. The predicted octanol–water partition coefficient (Wildman–Crippen LogP) is 2.76. The molecule has 4 heteroatoms. The van der Waals surface area contributed by atoms with Crippen molar-refractivity contribution in [3.63, 3.8) is 0 Å². The number of aliphatic hydroxyl groups is 1. The quantitative estimate of drug-likeness (QED) is 0.777. The fourth-order valence-corrected chi connectivity index (χ4v) is 3.64. The zero-order valence-corrected chi connectivity index (χ0v) is 13.2. The summed E-state index contributed by atoms with van der Waals surface area (Å²) in [6, 6.07) is 0.358. The molecule has 2 atom stereocenters. The summed E-state index contributed by atoms with van der Waals surface area (Å²) in [5.41, 5.74) is 0.103. The molecule has 2 amide bonds.